The number of hydrogen-bond acceptors (Lipinski definition) is 4. The van der Waals surface area contributed by atoms with Gasteiger partial charge in [0.15, 0.2) is 5.13 Å². The van der Waals surface area contributed by atoms with Crippen LogP contribution in [0.5, 0.6) is 0 Å². The van der Waals surface area contributed by atoms with E-state index < -0.39 is 5.24 Å². The van der Waals surface area contributed by atoms with E-state index in [0.717, 1.165) is 0 Å². The fourth-order valence-corrected chi connectivity index (χ4v) is 0.617. The van der Waals surface area contributed by atoms with E-state index in [-0.39, 0.29) is 5.88 Å². The van der Waals surface area contributed by atoms with Crippen molar-refractivity contribution in [3.63, 3.8) is 0 Å². The molecule has 1 aromatic rings. The number of nitrogens with zero attached hydrogens (tertiary/aromatic N) is 1. The molecule has 0 fully saturated rings. The Hall–Kier alpha value is -0.320. The number of thiazole rings is 1. The van der Waals surface area contributed by atoms with E-state index in [9.17, 15) is 4.79 Å². The molecule has 1 rings (SSSR count). The summed E-state index contributed by atoms with van der Waals surface area (Å²) in [6.45, 7) is 0. The lowest BCUT2D eigenvalue weighted by molar-refractivity contribution is -0.109. The van der Waals surface area contributed by atoms with Gasteiger partial charge in [-0.25, -0.2) is 4.98 Å². The van der Waals surface area contributed by atoms with E-state index in [2.05, 4.69) is 4.98 Å². The highest BCUT2D eigenvalue weighted by atomic mass is 35.5. The molecule has 2 N–H and O–H groups in total. The van der Waals surface area contributed by atoms with Crippen LogP contribution in [-0.2, 0) is 4.79 Å². The van der Waals surface area contributed by atoms with Gasteiger partial charge in [-0.3, -0.25) is 4.79 Å². The Morgan fingerprint density at radius 1 is 1.82 bits per heavy atom. The summed E-state index contributed by atoms with van der Waals surface area (Å²) in [5.74, 6) is -0.0957. The minimum atomic E-state index is -0.508. The van der Waals surface area contributed by atoms with Gasteiger partial charge < -0.3 is 5.73 Å². The maximum atomic E-state index is 9.45. The predicted molar refractivity (Wildman–Crippen MR) is 48.1 cm³/mol. The molecule has 0 aliphatic heterocycles. The number of alkyl halides is 1. The smallest absolute Gasteiger partial charge is 0.236 e. The Morgan fingerprint density at radius 3 is 2.45 bits per heavy atom. The SMILES string of the molecule is Nc1nccs1.O=C(Cl)CCl. The first kappa shape index (κ1) is 10.7. The molecular weight excluding hydrogens is 207 g/mol. The molecule has 6 heteroatoms. The van der Waals surface area contributed by atoms with Gasteiger partial charge in [0, 0.05) is 11.6 Å². The van der Waals surface area contributed by atoms with E-state index in [1.165, 1.54) is 11.3 Å². The van der Waals surface area contributed by atoms with Crippen molar-refractivity contribution >= 4 is 44.9 Å². The zero-order valence-corrected chi connectivity index (χ0v) is 7.79. The first-order chi connectivity index (χ1) is 5.16. The van der Waals surface area contributed by atoms with Gasteiger partial charge in [-0.1, -0.05) is 0 Å². The van der Waals surface area contributed by atoms with Crippen molar-refractivity contribution in [2.75, 3.05) is 11.6 Å². The molecule has 0 saturated heterocycles. The fraction of sp³-hybridized carbons (Fsp3) is 0.200. The number of rotatable bonds is 1. The van der Waals surface area contributed by atoms with Crippen molar-refractivity contribution in [3.8, 4) is 0 Å². The summed E-state index contributed by atoms with van der Waals surface area (Å²) in [5.41, 5.74) is 5.19. The summed E-state index contributed by atoms with van der Waals surface area (Å²) < 4.78 is 0. The van der Waals surface area contributed by atoms with Crippen molar-refractivity contribution in [3.05, 3.63) is 11.6 Å². The number of anilines is 1. The predicted octanol–water partition coefficient (Wildman–Crippen LogP) is 1.72. The number of hydrogen-bond donors (Lipinski definition) is 1. The van der Waals surface area contributed by atoms with Crippen LogP contribution in [0.1, 0.15) is 0 Å². The van der Waals surface area contributed by atoms with Gasteiger partial charge in [-0.15, -0.1) is 22.9 Å². The van der Waals surface area contributed by atoms with Gasteiger partial charge in [0.25, 0.3) is 0 Å². The Kier molecular flexibility index (Phi) is 6.21. The third-order valence-electron chi connectivity index (χ3n) is 0.556. The number of nitrogens with two attached hydrogens (primary N) is 1. The maximum absolute atomic E-state index is 9.45. The number of carbonyl (C=O) groups is 1. The number of aromatic nitrogens is 1. The molecule has 0 atom stereocenters. The summed E-state index contributed by atoms with van der Waals surface area (Å²) in [4.78, 5) is 13.2. The van der Waals surface area contributed by atoms with Crippen LogP contribution in [0.2, 0.25) is 0 Å². The second kappa shape index (κ2) is 6.39. The molecule has 62 valence electrons. The van der Waals surface area contributed by atoms with E-state index in [1.54, 1.807) is 6.20 Å². The van der Waals surface area contributed by atoms with Crippen molar-refractivity contribution in [1.29, 1.82) is 0 Å². The van der Waals surface area contributed by atoms with Gasteiger partial charge in [0.1, 0.15) is 0 Å². The summed E-state index contributed by atoms with van der Waals surface area (Å²) in [5, 5.41) is 1.97. The molecule has 11 heavy (non-hydrogen) atoms. The fourth-order valence-electron chi connectivity index (χ4n) is 0.234. The van der Waals surface area contributed by atoms with Gasteiger partial charge >= 0.3 is 0 Å². The third-order valence-corrected chi connectivity index (χ3v) is 1.67. The van der Waals surface area contributed by atoms with Gasteiger partial charge in [0.05, 0.1) is 5.88 Å². The second-order valence-corrected chi connectivity index (χ2v) is 2.97. The Labute approximate surface area is 78.1 Å². The minimum Gasteiger partial charge on any atom is -0.375 e. The molecule has 0 aliphatic rings. The van der Waals surface area contributed by atoms with Crippen molar-refractivity contribution in [2.45, 2.75) is 0 Å². The maximum Gasteiger partial charge on any atom is 0.236 e. The van der Waals surface area contributed by atoms with E-state index in [4.69, 9.17) is 28.9 Å². The molecular formula is C5H6Cl2N2OS. The van der Waals surface area contributed by atoms with Gasteiger partial charge in [0.2, 0.25) is 5.24 Å². The highest BCUT2D eigenvalue weighted by molar-refractivity contribution is 7.13. The molecule has 0 saturated carbocycles. The number of carbonyl (C=O) groups excluding carboxylic acids is 1. The van der Waals surface area contributed by atoms with E-state index in [0.29, 0.717) is 5.13 Å². The summed E-state index contributed by atoms with van der Waals surface area (Å²) in [6.07, 6.45) is 1.68. The third kappa shape index (κ3) is 7.58. The molecule has 3 nitrogen and oxygen atoms in total. The highest BCUT2D eigenvalue weighted by Crippen LogP contribution is 2.02. The molecule has 1 heterocycles. The Balaban J connectivity index is 0.000000187. The molecule has 0 aliphatic carbocycles. The molecule has 0 amide bonds. The largest absolute Gasteiger partial charge is 0.375 e. The van der Waals surface area contributed by atoms with Crippen LogP contribution in [0.25, 0.3) is 0 Å². The Morgan fingerprint density at radius 2 is 2.36 bits per heavy atom. The topological polar surface area (TPSA) is 56.0 Å². The zero-order chi connectivity index (χ0) is 8.69. The molecule has 0 radical (unpaired) electrons. The average molecular weight is 213 g/mol. The van der Waals surface area contributed by atoms with Crippen molar-refractivity contribution < 1.29 is 4.79 Å². The van der Waals surface area contributed by atoms with Crippen LogP contribution in [0.4, 0.5) is 5.13 Å². The summed E-state index contributed by atoms with van der Waals surface area (Å²) in [6, 6.07) is 0. The summed E-state index contributed by atoms with van der Waals surface area (Å²) in [7, 11) is 0. The van der Waals surface area contributed by atoms with Gasteiger partial charge in [-0.2, -0.15) is 0 Å². The van der Waals surface area contributed by atoms with Crippen molar-refractivity contribution in [1.82, 2.24) is 4.98 Å². The lowest BCUT2D eigenvalue weighted by Crippen LogP contribution is -1.81. The first-order valence-electron chi connectivity index (χ1n) is 2.56. The first-order valence-corrected chi connectivity index (χ1v) is 4.35. The minimum absolute atomic E-state index is 0.0957. The normalized spacial score (nSPS) is 8.18. The molecule has 0 bridgehead atoms. The van der Waals surface area contributed by atoms with Crippen LogP contribution in [0.3, 0.4) is 0 Å². The van der Waals surface area contributed by atoms with Crippen LogP contribution >= 0.6 is 34.5 Å². The van der Waals surface area contributed by atoms with Crippen molar-refractivity contribution in [2.24, 2.45) is 0 Å². The Bertz CT molecular complexity index is 202. The number of halogens is 2. The molecule has 0 spiro atoms. The lowest BCUT2D eigenvalue weighted by Gasteiger charge is -1.67. The van der Waals surface area contributed by atoms with Crippen LogP contribution in [-0.4, -0.2) is 16.1 Å². The molecule has 1 aromatic heterocycles. The lowest BCUT2D eigenvalue weighted by atomic mass is 10.9. The van der Waals surface area contributed by atoms with E-state index in [1.807, 2.05) is 5.38 Å². The second-order valence-electron chi connectivity index (χ2n) is 1.36. The van der Waals surface area contributed by atoms with Gasteiger partial charge in [-0.05, 0) is 11.6 Å². The monoisotopic (exact) mass is 212 g/mol. The summed E-state index contributed by atoms with van der Waals surface area (Å²) >= 11 is 11.0. The molecule has 0 aromatic carbocycles. The standard InChI is InChI=1S/C3H4N2S.C2H2Cl2O/c4-3-5-1-2-6-3;3-1-2(4)5/h1-2H,(H2,4,5);1H2. The quantitative estimate of drug-likeness (QED) is 0.570. The number of nitrogen functional groups attached to an aromatic ring is 1. The van der Waals surface area contributed by atoms with Crippen LogP contribution in [0, 0.1) is 0 Å². The average Bonchev–Trinajstić information content (AvgIpc) is 2.41. The van der Waals surface area contributed by atoms with E-state index >= 15 is 0 Å². The van der Waals surface area contributed by atoms with Crippen LogP contribution in [0.15, 0.2) is 11.6 Å². The van der Waals surface area contributed by atoms with Crippen LogP contribution < -0.4 is 5.73 Å². The molecule has 0 unspecified atom stereocenters. The highest BCUT2D eigenvalue weighted by Gasteiger charge is 1.83. The zero-order valence-electron chi connectivity index (χ0n) is 5.46.